The topological polar surface area (TPSA) is 70.6 Å². The number of benzene rings is 1. The Bertz CT molecular complexity index is 325. The molecule has 0 aliphatic carbocycles. The van der Waals surface area contributed by atoms with Gasteiger partial charge in [0.15, 0.2) is 0 Å². The molecule has 0 aromatic heterocycles. The molecule has 0 bridgehead atoms. The maximum absolute atomic E-state index is 11.3. The fraction of sp³-hybridized carbons (Fsp3) is 0.364. The van der Waals surface area contributed by atoms with Crippen LogP contribution < -0.4 is 10.6 Å². The summed E-state index contributed by atoms with van der Waals surface area (Å²) in [4.78, 5) is 15.3. The number of nitrogens with one attached hydrogen (secondary N) is 2. The van der Waals surface area contributed by atoms with Crippen molar-refractivity contribution in [1.82, 2.24) is 5.32 Å². The summed E-state index contributed by atoms with van der Waals surface area (Å²) in [6.45, 7) is 2.79. The monoisotopic (exact) mass is 224 g/mol. The van der Waals surface area contributed by atoms with Crippen LogP contribution in [0.1, 0.15) is 18.9 Å². The summed E-state index contributed by atoms with van der Waals surface area (Å²) in [7, 11) is 0. The van der Waals surface area contributed by atoms with E-state index in [1.54, 1.807) is 24.3 Å². The second-order valence-electron chi connectivity index (χ2n) is 3.35. The lowest BCUT2D eigenvalue weighted by Gasteiger charge is -2.07. The van der Waals surface area contributed by atoms with Crippen molar-refractivity contribution in [1.29, 1.82) is 0 Å². The summed E-state index contributed by atoms with van der Waals surface area (Å²) in [6, 6.07) is 6.82. The molecule has 0 saturated heterocycles. The van der Waals surface area contributed by atoms with Crippen LogP contribution in [0.15, 0.2) is 24.3 Å². The van der Waals surface area contributed by atoms with Crippen molar-refractivity contribution in [3.63, 3.8) is 0 Å². The molecular formula is C11H16N2O3. The number of hydrogen-bond donors (Lipinski definition) is 3. The van der Waals surface area contributed by atoms with Gasteiger partial charge in [0.1, 0.15) is 6.61 Å². The minimum absolute atomic E-state index is 0.141. The largest absolute Gasteiger partial charge is 0.338 e. The minimum atomic E-state index is -0.215. The van der Waals surface area contributed by atoms with Crippen molar-refractivity contribution in [2.75, 3.05) is 11.9 Å². The third-order valence-electron chi connectivity index (χ3n) is 1.98. The number of rotatable bonds is 5. The summed E-state index contributed by atoms with van der Waals surface area (Å²) in [6.07, 6.45) is 0.903. The Morgan fingerprint density at radius 3 is 2.62 bits per heavy atom. The molecule has 1 aromatic carbocycles. The number of carbonyl (C=O) groups is 1. The van der Waals surface area contributed by atoms with E-state index in [9.17, 15) is 4.79 Å². The van der Waals surface area contributed by atoms with Gasteiger partial charge in [0.25, 0.3) is 0 Å². The molecule has 0 radical (unpaired) electrons. The van der Waals surface area contributed by atoms with Crippen molar-refractivity contribution in [3.05, 3.63) is 29.8 Å². The van der Waals surface area contributed by atoms with E-state index >= 15 is 0 Å². The lowest BCUT2D eigenvalue weighted by Crippen LogP contribution is -2.29. The molecule has 0 spiro atoms. The molecule has 0 saturated carbocycles. The Balaban J connectivity index is 2.45. The SMILES string of the molecule is CCCNC(=O)Nc1ccc(COO)cc1. The average Bonchev–Trinajstić information content (AvgIpc) is 2.29. The third kappa shape index (κ3) is 4.29. The highest BCUT2D eigenvalue weighted by molar-refractivity contribution is 5.89. The van der Waals surface area contributed by atoms with Gasteiger partial charge in [-0.05, 0) is 24.1 Å². The van der Waals surface area contributed by atoms with Crippen molar-refractivity contribution in [3.8, 4) is 0 Å². The van der Waals surface area contributed by atoms with Gasteiger partial charge in [-0.3, -0.25) is 5.26 Å². The van der Waals surface area contributed by atoms with Gasteiger partial charge in [0.05, 0.1) is 0 Å². The summed E-state index contributed by atoms with van der Waals surface area (Å²) < 4.78 is 0. The van der Waals surface area contributed by atoms with Crippen LogP contribution in [0.25, 0.3) is 0 Å². The molecule has 0 fully saturated rings. The maximum atomic E-state index is 11.3. The fourth-order valence-corrected chi connectivity index (χ4v) is 1.17. The molecule has 3 N–H and O–H groups in total. The van der Waals surface area contributed by atoms with Crippen molar-refractivity contribution >= 4 is 11.7 Å². The van der Waals surface area contributed by atoms with Crippen molar-refractivity contribution in [2.45, 2.75) is 20.0 Å². The van der Waals surface area contributed by atoms with Crippen LogP contribution in [0, 0.1) is 0 Å². The summed E-state index contributed by atoms with van der Waals surface area (Å²) >= 11 is 0. The Hall–Kier alpha value is -1.59. The Labute approximate surface area is 94.4 Å². The maximum Gasteiger partial charge on any atom is 0.319 e. The standard InChI is InChI=1S/C11H16N2O3/c1-2-7-12-11(14)13-10-5-3-9(4-6-10)8-16-15/h3-6,15H,2,7-8H2,1H3,(H2,12,13,14). The molecule has 16 heavy (non-hydrogen) atoms. The van der Waals surface area contributed by atoms with E-state index < -0.39 is 0 Å². The molecule has 88 valence electrons. The second kappa shape index (κ2) is 6.81. The first-order valence-electron chi connectivity index (χ1n) is 5.16. The zero-order chi connectivity index (χ0) is 11.8. The van der Waals surface area contributed by atoms with Crippen LogP contribution in [-0.2, 0) is 11.5 Å². The first kappa shape index (κ1) is 12.5. The van der Waals surface area contributed by atoms with E-state index in [1.807, 2.05) is 6.92 Å². The lowest BCUT2D eigenvalue weighted by atomic mass is 10.2. The minimum Gasteiger partial charge on any atom is -0.338 e. The molecule has 0 aliphatic rings. The van der Waals surface area contributed by atoms with Crippen LogP contribution in [0.3, 0.4) is 0 Å². The van der Waals surface area contributed by atoms with Crippen LogP contribution in [0.2, 0.25) is 0 Å². The average molecular weight is 224 g/mol. The number of hydrogen-bond acceptors (Lipinski definition) is 3. The van der Waals surface area contributed by atoms with Crippen LogP contribution in [0.4, 0.5) is 10.5 Å². The van der Waals surface area contributed by atoms with Gasteiger partial charge in [-0.1, -0.05) is 19.1 Å². The molecule has 5 nitrogen and oxygen atoms in total. The Kier molecular flexibility index (Phi) is 5.31. The van der Waals surface area contributed by atoms with E-state index in [0.29, 0.717) is 12.2 Å². The van der Waals surface area contributed by atoms with E-state index in [4.69, 9.17) is 5.26 Å². The number of amides is 2. The van der Waals surface area contributed by atoms with Gasteiger partial charge in [0.2, 0.25) is 0 Å². The molecule has 0 unspecified atom stereocenters. The summed E-state index contributed by atoms with van der Waals surface area (Å²) in [5, 5.41) is 13.7. The fourth-order valence-electron chi connectivity index (χ4n) is 1.17. The molecular weight excluding hydrogens is 208 g/mol. The molecule has 2 amide bonds. The molecule has 0 heterocycles. The van der Waals surface area contributed by atoms with Crippen LogP contribution >= 0.6 is 0 Å². The van der Waals surface area contributed by atoms with Crippen LogP contribution in [0.5, 0.6) is 0 Å². The first-order valence-corrected chi connectivity index (χ1v) is 5.16. The van der Waals surface area contributed by atoms with Gasteiger partial charge >= 0.3 is 6.03 Å². The predicted molar refractivity (Wildman–Crippen MR) is 61.2 cm³/mol. The number of urea groups is 1. The first-order chi connectivity index (χ1) is 7.76. The predicted octanol–water partition coefficient (Wildman–Crippen LogP) is 2.21. The number of anilines is 1. The quantitative estimate of drug-likeness (QED) is 0.530. The highest BCUT2D eigenvalue weighted by Gasteiger charge is 2.00. The molecule has 5 heteroatoms. The molecule has 0 aliphatic heterocycles. The van der Waals surface area contributed by atoms with Gasteiger partial charge < -0.3 is 10.6 Å². The number of carbonyl (C=O) groups excluding carboxylic acids is 1. The molecule has 1 aromatic rings. The smallest absolute Gasteiger partial charge is 0.319 e. The zero-order valence-electron chi connectivity index (χ0n) is 9.19. The molecule has 0 atom stereocenters. The van der Waals surface area contributed by atoms with Crippen molar-refractivity contribution in [2.24, 2.45) is 0 Å². The zero-order valence-corrected chi connectivity index (χ0v) is 9.19. The van der Waals surface area contributed by atoms with E-state index in [1.165, 1.54) is 0 Å². The van der Waals surface area contributed by atoms with Crippen LogP contribution in [-0.4, -0.2) is 17.8 Å². The second-order valence-corrected chi connectivity index (χ2v) is 3.35. The highest BCUT2D eigenvalue weighted by atomic mass is 17.1. The van der Waals surface area contributed by atoms with E-state index in [2.05, 4.69) is 15.5 Å². The van der Waals surface area contributed by atoms with Crippen molar-refractivity contribution < 1.29 is 14.9 Å². The summed E-state index contributed by atoms with van der Waals surface area (Å²) in [5.74, 6) is 0. The normalized spacial score (nSPS) is 9.88. The highest BCUT2D eigenvalue weighted by Crippen LogP contribution is 2.09. The van der Waals surface area contributed by atoms with Gasteiger partial charge in [-0.2, -0.15) is 0 Å². The Morgan fingerprint density at radius 2 is 2.06 bits per heavy atom. The Morgan fingerprint density at radius 1 is 1.38 bits per heavy atom. The molecule has 1 rings (SSSR count). The van der Waals surface area contributed by atoms with E-state index in [-0.39, 0.29) is 12.6 Å². The van der Waals surface area contributed by atoms with Gasteiger partial charge in [-0.15, -0.1) is 0 Å². The third-order valence-corrected chi connectivity index (χ3v) is 1.98. The lowest BCUT2D eigenvalue weighted by molar-refractivity contribution is -0.253. The summed E-state index contributed by atoms with van der Waals surface area (Å²) in [5.41, 5.74) is 1.54. The van der Waals surface area contributed by atoms with Gasteiger partial charge in [-0.25, -0.2) is 9.68 Å². The van der Waals surface area contributed by atoms with E-state index in [0.717, 1.165) is 12.0 Å². The van der Waals surface area contributed by atoms with Gasteiger partial charge in [0, 0.05) is 12.2 Å².